The number of nitrogens with zero attached hydrogens (tertiary/aromatic N) is 1. The minimum atomic E-state index is -0.470. The van der Waals surface area contributed by atoms with E-state index in [-0.39, 0.29) is 11.4 Å². The van der Waals surface area contributed by atoms with Gasteiger partial charge in [0.05, 0.1) is 10.6 Å². The van der Waals surface area contributed by atoms with Gasteiger partial charge in [0.2, 0.25) is 0 Å². The predicted molar refractivity (Wildman–Crippen MR) is 53.7 cm³/mol. The Morgan fingerprint density at radius 2 is 2.36 bits per heavy atom. The van der Waals surface area contributed by atoms with Crippen LogP contribution in [0.25, 0.3) is 0 Å². The summed E-state index contributed by atoms with van der Waals surface area (Å²) in [5.74, 6) is 0. The molecule has 0 aliphatic heterocycles. The van der Waals surface area contributed by atoms with Gasteiger partial charge in [0.15, 0.2) is 0 Å². The molecule has 74 valence electrons. The van der Waals surface area contributed by atoms with Crippen molar-refractivity contribution >= 4 is 5.71 Å². The van der Waals surface area contributed by atoms with Crippen molar-refractivity contribution in [1.29, 1.82) is 5.41 Å². The molecule has 0 spiro atoms. The van der Waals surface area contributed by atoms with E-state index in [2.05, 4.69) is 5.32 Å². The van der Waals surface area contributed by atoms with Crippen LogP contribution < -0.4 is 5.32 Å². The third-order valence-corrected chi connectivity index (χ3v) is 1.71. The zero-order valence-electron chi connectivity index (χ0n) is 7.78. The Labute approximate surface area is 81.5 Å². The molecular weight excluding hydrogens is 182 g/mol. The molecule has 0 aromatic heterocycles. The summed E-state index contributed by atoms with van der Waals surface area (Å²) in [6.07, 6.45) is 5.73. The quantitative estimate of drug-likeness (QED) is 0.522. The lowest BCUT2D eigenvalue weighted by Crippen LogP contribution is -2.11. The van der Waals surface area contributed by atoms with Crippen molar-refractivity contribution in [2.75, 3.05) is 6.54 Å². The fourth-order valence-corrected chi connectivity index (χ4v) is 0.995. The molecule has 5 heteroatoms. The lowest BCUT2D eigenvalue weighted by Gasteiger charge is -2.05. The van der Waals surface area contributed by atoms with Crippen molar-refractivity contribution < 1.29 is 4.92 Å². The number of nitro groups is 1. The third-order valence-electron chi connectivity index (χ3n) is 1.71. The van der Waals surface area contributed by atoms with Crippen molar-refractivity contribution in [3.63, 3.8) is 0 Å². The molecule has 0 amide bonds. The molecule has 0 fully saturated rings. The third kappa shape index (κ3) is 2.29. The number of rotatable bonds is 3. The topological polar surface area (TPSA) is 79.0 Å². The second kappa shape index (κ2) is 4.36. The van der Waals surface area contributed by atoms with E-state index >= 15 is 0 Å². The molecule has 0 atom stereocenters. The SMILES string of the molecule is CCN/C=C1/C=C([N+](=O)[O-])C=CC1=N. The van der Waals surface area contributed by atoms with E-state index in [4.69, 9.17) is 5.41 Å². The van der Waals surface area contributed by atoms with Crippen LogP contribution in [-0.2, 0) is 0 Å². The Kier molecular flexibility index (Phi) is 3.17. The molecular formula is C9H11N3O2. The molecule has 1 rings (SSSR count). The second-order valence-corrected chi connectivity index (χ2v) is 2.73. The standard InChI is InChI=1S/C9H11N3O2/c1-2-11-6-7-5-8(12(13)14)3-4-9(7)10/h3-6,10-11H,2H2,1H3/b7-6-,10-9?. The van der Waals surface area contributed by atoms with Crippen LogP contribution in [0.5, 0.6) is 0 Å². The molecule has 0 radical (unpaired) electrons. The average molecular weight is 193 g/mol. The van der Waals surface area contributed by atoms with Crippen molar-refractivity contribution in [3.8, 4) is 0 Å². The highest BCUT2D eigenvalue weighted by molar-refractivity contribution is 6.09. The number of hydrogen-bond donors (Lipinski definition) is 2. The first-order chi connectivity index (χ1) is 6.65. The lowest BCUT2D eigenvalue weighted by atomic mass is 10.1. The maximum Gasteiger partial charge on any atom is 0.270 e. The summed E-state index contributed by atoms with van der Waals surface area (Å²) in [7, 11) is 0. The molecule has 0 unspecified atom stereocenters. The zero-order chi connectivity index (χ0) is 10.6. The molecule has 0 saturated carbocycles. The number of hydrogen-bond acceptors (Lipinski definition) is 4. The van der Waals surface area contributed by atoms with Gasteiger partial charge in [-0.15, -0.1) is 0 Å². The van der Waals surface area contributed by atoms with Crippen LogP contribution in [0.3, 0.4) is 0 Å². The van der Waals surface area contributed by atoms with Gasteiger partial charge in [-0.05, 0) is 13.0 Å². The normalized spacial score (nSPS) is 18.2. The number of allylic oxidation sites excluding steroid dienone is 4. The van der Waals surface area contributed by atoms with E-state index in [0.29, 0.717) is 5.57 Å². The van der Waals surface area contributed by atoms with Crippen LogP contribution in [0.4, 0.5) is 0 Å². The lowest BCUT2D eigenvalue weighted by molar-refractivity contribution is -0.419. The van der Waals surface area contributed by atoms with E-state index < -0.39 is 4.92 Å². The summed E-state index contributed by atoms with van der Waals surface area (Å²) < 4.78 is 0. The summed E-state index contributed by atoms with van der Waals surface area (Å²) in [5, 5.41) is 20.8. The maximum absolute atomic E-state index is 10.4. The van der Waals surface area contributed by atoms with Gasteiger partial charge in [-0.3, -0.25) is 10.1 Å². The molecule has 0 aromatic rings. The van der Waals surface area contributed by atoms with Crippen LogP contribution in [0.2, 0.25) is 0 Å². The molecule has 2 N–H and O–H groups in total. The molecule has 0 bridgehead atoms. The van der Waals surface area contributed by atoms with E-state index in [0.717, 1.165) is 6.54 Å². The monoisotopic (exact) mass is 193 g/mol. The molecule has 1 aliphatic rings. The summed E-state index contributed by atoms with van der Waals surface area (Å²) in [4.78, 5) is 9.98. The highest BCUT2D eigenvalue weighted by Crippen LogP contribution is 2.12. The zero-order valence-corrected chi connectivity index (χ0v) is 7.78. The smallest absolute Gasteiger partial charge is 0.270 e. The number of nitrogens with one attached hydrogen (secondary N) is 2. The molecule has 1 aliphatic carbocycles. The van der Waals surface area contributed by atoms with Crippen LogP contribution in [-0.4, -0.2) is 17.2 Å². The van der Waals surface area contributed by atoms with Gasteiger partial charge in [-0.2, -0.15) is 0 Å². The van der Waals surface area contributed by atoms with Gasteiger partial charge in [0.1, 0.15) is 0 Å². The van der Waals surface area contributed by atoms with Gasteiger partial charge < -0.3 is 10.7 Å². The van der Waals surface area contributed by atoms with Gasteiger partial charge in [0.25, 0.3) is 5.70 Å². The van der Waals surface area contributed by atoms with E-state index in [9.17, 15) is 10.1 Å². The van der Waals surface area contributed by atoms with E-state index in [1.165, 1.54) is 18.2 Å². The Bertz CT molecular complexity index is 353. The molecule has 0 saturated heterocycles. The van der Waals surface area contributed by atoms with Gasteiger partial charge in [-0.25, -0.2) is 0 Å². The first-order valence-corrected chi connectivity index (χ1v) is 4.21. The molecule has 5 nitrogen and oxygen atoms in total. The minimum Gasteiger partial charge on any atom is -0.391 e. The van der Waals surface area contributed by atoms with Gasteiger partial charge in [0, 0.05) is 30.5 Å². The summed E-state index contributed by atoms with van der Waals surface area (Å²) >= 11 is 0. The van der Waals surface area contributed by atoms with Crippen molar-refractivity contribution in [2.24, 2.45) is 0 Å². The Balaban J connectivity index is 2.91. The Morgan fingerprint density at radius 3 is 2.93 bits per heavy atom. The van der Waals surface area contributed by atoms with E-state index in [1.54, 1.807) is 6.20 Å². The molecule has 14 heavy (non-hydrogen) atoms. The highest BCUT2D eigenvalue weighted by Gasteiger charge is 2.14. The van der Waals surface area contributed by atoms with Crippen LogP contribution >= 0.6 is 0 Å². The minimum absolute atomic E-state index is 0.00477. The highest BCUT2D eigenvalue weighted by atomic mass is 16.6. The van der Waals surface area contributed by atoms with Gasteiger partial charge >= 0.3 is 0 Å². The van der Waals surface area contributed by atoms with Crippen molar-refractivity contribution in [2.45, 2.75) is 6.92 Å². The van der Waals surface area contributed by atoms with Gasteiger partial charge in [-0.1, -0.05) is 0 Å². The molecule has 0 aromatic carbocycles. The van der Waals surface area contributed by atoms with Crippen LogP contribution in [0, 0.1) is 15.5 Å². The van der Waals surface area contributed by atoms with Crippen molar-refractivity contribution in [3.05, 3.63) is 45.8 Å². The summed E-state index contributed by atoms with van der Waals surface area (Å²) in [6, 6.07) is 0. The first-order valence-electron chi connectivity index (χ1n) is 4.21. The second-order valence-electron chi connectivity index (χ2n) is 2.73. The van der Waals surface area contributed by atoms with Crippen LogP contribution in [0.15, 0.2) is 35.7 Å². The van der Waals surface area contributed by atoms with Crippen molar-refractivity contribution in [1.82, 2.24) is 5.32 Å². The van der Waals surface area contributed by atoms with Crippen LogP contribution in [0.1, 0.15) is 6.92 Å². The summed E-state index contributed by atoms with van der Waals surface area (Å²) in [5.41, 5.74) is 0.808. The van der Waals surface area contributed by atoms with E-state index in [1.807, 2.05) is 6.92 Å². The summed E-state index contributed by atoms with van der Waals surface area (Å²) in [6.45, 7) is 2.64. The fraction of sp³-hybridized carbons (Fsp3) is 0.222. The maximum atomic E-state index is 10.4. The Morgan fingerprint density at radius 1 is 1.64 bits per heavy atom. The largest absolute Gasteiger partial charge is 0.391 e. The fourth-order valence-electron chi connectivity index (χ4n) is 0.995. The average Bonchev–Trinajstić information content (AvgIpc) is 2.16. The Hall–Kier alpha value is -1.91. The first kappa shape index (κ1) is 10.2. The molecule has 0 heterocycles. The predicted octanol–water partition coefficient (Wildman–Crippen LogP) is 1.23.